The maximum absolute atomic E-state index is 5.31. The van der Waals surface area contributed by atoms with Crippen LogP contribution in [0.5, 0.6) is 0 Å². The number of morpholine rings is 1. The van der Waals surface area contributed by atoms with Gasteiger partial charge in [-0.1, -0.05) is 0 Å². The molecule has 1 fully saturated rings. The van der Waals surface area contributed by atoms with Crippen molar-refractivity contribution in [2.24, 2.45) is 0 Å². The predicted octanol–water partition coefficient (Wildman–Crippen LogP) is -0.0391. The van der Waals surface area contributed by atoms with Crippen LogP contribution < -0.4 is 4.90 Å². The van der Waals surface area contributed by atoms with Crippen molar-refractivity contribution in [1.29, 1.82) is 0 Å². The lowest BCUT2D eigenvalue weighted by molar-refractivity contribution is 0.122. The van der Waals surface area contributed by atoms with Crippen LogP contribution in [0.2, 0.25) is 0 Å². The lowest BCUT2D eigenvalue weighted by Gasteiger charge is -2.28. The molecule has 2 aromatic heterocycles. The van der Waals surface area contributed by atoms with Gasteiger partial charge in [0.1, 0.15) is 12.1 Å². The summed E-state index contributed by atoms with van der Waals surface area (Å²) in [5.41, 5.74) is 0. The van der Waals surface area contributed by atoms with E-state index in [1.807, 2.05) is 6.07 Å². The van der Waals surface area contributed by atoms with E-state index in [9.17, 15) is 0 Å². The van der Waals surface area contributed by atoms with Crippen molar-refractivity contribution in [3.05, 3.63) is 18.6 Å². The highest BCUT2D eigenvalue weighted by molar-refractivity contribution is 5.45. The molecule has 3 heterocycles. The molecule has 1 saturated heterocycles. The van der Waals surface area contributed by atoms with Gasteiger partial charge >= 0.3 is 0 Å². The highest BCUT2D eigenvalue weighted by Crippen LogP contribution is 2.14. The van der Waals surface area contributed by atoms with E-state index in [1.165, 1.54) is 6.33 Å². The Bertz CT molecular complexity index is 462. The average Bonchev–Trinajstić information content (AvgIpc) is 2.78. The molecule has 0 atom stereocenters. The SMILES string of the molecule is c1cc(N2CCOCC2)n2ncnc2n1. The largest absolute Gasteiger partial charge is 0.378 e. The molecule has 6 nitrogen and oxygen atoms in total. The quantitative estimate of drug-likeness (QED) is 0.654. The van der Waals surface area contributed by atoms with Crippen molar-refractivity contribution in [2.75, 3.05) is 31.2 Å². The fraction of sp³-hybridized carbons (Fsp3) is 0.444. The third-order valence-electron chi connectivity index (χ3n) is 2.50. The maximum atomic E-state index is 5.31. The van der Waals surface area contributed by atoms with E-state index in [4.69, 9.17) is 4.74 Å². The molecule has 0 N–H and O–H groups in total. The summed E-state index contributed by atoms with van der Waals surface area (Å²) in [5, 5.41) is 4.15. The van der Waals surface area contributed by atoms with Gasteiger partial charge in [0.25, 0.3) is 5.78 Å². The number of hydrogen-bond donors (Lipinski definition) is 0. The van der Waals surface area contributed by atoms with Crippen LogP contribution in [-0.4, -0.2) is 45.9 Å². The maximum Gasteiger partial charge on any atom is 0.254 e. The van der Waals surface area contributed by atoms with Gasteiger partial charge in [0, 0.05) is 19.3 Å². The topological polar surface area (TPSA) is 55.6 Å². The number of ether oxygens (including phenoxy) is 1. The van der Waals surface area contributed by atoms with E-state index in [-0.39, 0.29) is 0 Å². The zero-order valence-electron chi connectivity index (χ0n) is 8.20. The highest BCUT2D eigenvalue weighted by atomic mass is 16.5. The number of anilines is 1. The molecular weight excluding hydrogens is 194 g/mol. The number of rotatable bonds is 1. The number of fused-ring (bicyclic) bond motifs is 1. The first-order chi connectivity index (χ1) is 7.45. The smallest absolute Gasteiger partial charge is 0.254 e. The Morgan fingerprint density at radius 3 is 2.93 bits per heavy atom. The molecule has 0 bridgehead atoms. The molecule has 0 spiro atoms. The molecule has 0 saturated carbocycles. The molecule has 0 aliphatic carbocycles. The van der Waals surface area contributed by atoms with E-state index in [1.54, 1.807) is 10.7 Å². The summed E-state index contributed by atoms with van der Waals surface area (Å²) < 4.78 is 7.07. The first-order valence-electron chi connectivity index (χ1n) is 4.92. The molecule has 0 aromatic carbocycles. The second kappa shape index (κ2) is 3.47. The molecule has 6 heteroatoms. The van der Waals surface area contributed by atoms with Gasteiger partial charge in [0.05, 0.1) is 13.2 Å². The number of hydrogen-bond acceptors (Lipinski definition) is 5. The zero-order valence-corrected chi connectivity index (χ0v) is 8.20. The van der Waals surface area contributed by atoms with Crippen molar-refractivity contribution in [3.8, 4) is 0 Å². The third-order valence-corrected chi connectivity index (χ3v) is 2.50. The van der Waals surface area contributed by atoms with Crippen molar-refractivity contribution in [2.45, 2.75) is 0 Å². The lowest BCUT2D eigenvalue weighted by Crippen LogP contribution is -2.37. The number of nitrogens with zero attached hydrogens (tertiary/aromatic N) is 5. The minimum atomic E-state index is 0.638. The Labute approximate surface area is 86.5 Å². The van der Waals surface area contributed by atoms with Crippen LogP contribution in [0.15, 0.2) is 18.6 Å². The summed E-state index contributed by atoms with van der Waals surface area (Å²) in [4.78, 5) is 10.4. The summed E-state index contributed by atoms with van der Waals surface area (Å²) in [6, 6.07) is 1.95. The van der Waals surface area contributed by atoms with Crippen LogP contribution in [0.1, 0.15) is 0 Å². The Balaban J connectivity index is 2.05. The minimum absolute atomic E-state index is 0.638. The monoisotopic (exact) mass is 205 g/mol. The molecule has 78 valence electrons. The van der Waals surface area contributed by atoms with Crippen LogP contribution in [-0.2, 0) is 4.74 Å². The van der Waals surface area contributed by atoms with Crippen molar-refractivity contribution < 1.29 is 4.74 Å². The van der Waals surface area contributed by atoms with Gasteiger partial charge in [-0.25, -0.2) is 4.98 Å². The molecule has 1 aliphatic heterocycles. The second-order valence-corrected chi connectivity index (χ2v) is 3.37. The van der Waals surface area contributed by atoms with E-state index < -0.39 is 0 Å². The lowest BCUT2D eigenvalue weighted by atomic mass is 10.4. The predicted molar refractivity (Wildman–Crippen MR) is 53.8 cm³/mol. The highest BCUT2D eigenvalue weighted by Gasteiger charge is 2.14. The Morgan fingerprint density at radius 2 is 2.07 bits per heavy atom. The van der Waals surface area contributed by atoms with Crippen LogP contribution in [0.4, 0.5) is 5.82 Å². The van der Waals surface area contributed by atoms with Crippen LogP contribution in [0.3, 0.4) is 0 Å². The van der Waals surface area contributed by atoms with E-state index >= 15 is 0 Å². The van der Waals surface area contributed by atoms with Gasteiger partial charge < -0.3 is 9.64 Å². The molecule has 0 amide bonds. The first-order valence-corrected chi connectivity index (χ1v) is 4.92. The van der Waals surface area contributed by atoms with Crippen LogP contribution >= 0.6 is 0 Å². The first kappa shape index (κ1) is 8.60. The van der Waals surface area contributed by atoms with Gasteiger partial charge in [-0.05, 0) is 6.07 Å². The van der Waals surface area contributed by atoms with E-state index in [2.05, 4.69) is 20.0 Å². The Kier molecular flexibility index (Phi) is 1.99. The standard InChI is InChI=1S/C9H11N5O/c1-2-10-9-11-7-12-14(9)8(1)13-3-5-15-6-4-13/h1-2,7H,3-6H2. The van der Waals surface area contributed by atoms with Gasteiger partial charge in [-0.3, -0.25) is 0 Å². The molecule has 15 heavy (non-hydrogen) atoms. The molecule has 3 rings (SSSR count). The van der Waals surface area contributed by atoms with Gasteiger partial charge in [-0.15, -0.1) is 0 Å². The second-order valence-electron chi connectivity index (χ2n) is 3.37. The van der Waals surface area contributed by atoms with Crippen molar-refractivity contribution in [3.63, 3.8) is 0 Å². The van der Waals surface area contributed by atoms with Gasteiger partial charge in [0.15, 0.2) is 0 Å². The van der Waals surface area contributed by atoms with Crippen molar-refractivity contribution >= 4 is 11.6 Å². The van der Waals surface area contributed by atoms with Crippen molar-refractivity contribution in [1.82, 2.24) is 19.6 Å². The molecule has 2 aromatic rings. The molecule has 0 radical (unpaired) electrons. The zero-order chi connectivity index (χ0) is 10.1. The van der Waals surface area contributed by atoms with Crippen LogP contribution in [0.25, 0.3) is 5.78 Å². The third kappa shape index (κ3) is 1.42. The normalized spacial score (nSPS) is 17.2. The van der Waals surface area contributed by atoms with Gasteiger partial charge in [0.2, 0.25) is 0 Å². The van der Waals surface area contributed by atoms with E-state index in [0.29, 0.717) is 5.78 Å². The molecule has 0 unspecified atom stereocenters. The van der Waals surface area contributed by atoms with Gasteiger partial charge in [-0.2, -0.15) is 14.6 Å². The number of aromatic nitrogens is 4. The molecular formula is C9H11N5O. The Morgan fingerprint density at radius 1 is 1.20 bits per heavy atom. The van der Waals surface area contributed by atoms with Crippen LogP contribution in [0, 0.1) is 0 Å². The fourth-order valence-electron chi connectivity index (χ4n) is 1.76. The molecule has 1 aliphatic rings. The summed E-state index contributed by atoms with van der Waals surface area (Å²) in [6.45, 7) is 3.30. The Hall–Kier alpha value is -1.69. The summed E-state index contributed by atoms with van der Waals surface area (Å²) >= 11 is 0. The summed E-state index contributed by atoms with van der Waals surface area (Å²) in [5.74, 6) is 1.67. The average molecular weight is 205 g/mol. The van der Waals surface area contributed by atoms with E-state index in [0.717, 1.165) is 32.1 Å². The summed E-state index contributed by atoms with van der Waals surface area (Å²) in [6.07, 6.45) is 3.28. The fourth-order valence-corrected chi connectivity index (χ4v) is 1.76. The minimum Gasteiger partial charge on any atom is -0.378 e. The summed E-state index contributed by atoms with van der Waals surface area (Å²) in [7, 11) is 0.